The second kappa shape index (κ2) is 14.3. The summed E-state index contributed by atoms with van der Waals surface area (Å²) < 4.78 is 5.11. The third kappa shape index (κ3) is 11.3. The fraction of sp³-hybridized carbons (Fsp3) is 0.333. The number of hydrogen-bond donors (Lipinski definition) is 5. The second-order valence-corrected chi connectivity index (χ2v) is 9.03. The maximum absolute atomic E-state index is 12.6. The Kier molecular flexibility index (Phi) is 11.1. The first-order chi connectivity index (χ1) is 17.6. The third-order valence-corrected chi connectivity index (χ3v) is 4.76. The van der Waals surface area contributed by atoms with Crippen LogP contribution in [-0.4, -0.2) is 53.8 Å². The Bertz CT molecular complexity index is 1130. The van der Waals surface area contributed by atoms with Gasteiger partial charge in [-0.15, -0.1) is 0 Å². The van der Waals surface area contributed by atoms with E-state index in [2.05, 4.69) is 27.8 Å². The van der Waals surface area contributed by atoms with Crippen LogP contribution in [-0.2, 0) is 14.3 Å². The number of alkyl carbamates (subject to hydrolysis) is 1. The molecule has 0 bridgehead atoms. The van der Waals surface area contributed by atoms with Crippen molar-refractivity contribution in [3.05, 3.63) is 71.3 Å². The lowest BCUT2D eigenvalue weighted by atomic mass is 10.1. The van der Waals surface area contributed by atoms with Gasteiger partial charge in [0.25, 0.3) is 11.8 Å². The summed E-state index contributed by atoms with van der Waals surface area (Å²) in [5.41, 5.74) is 2.72. The van der Waals surface area contributed by atoms with Crippen LogP contribution in [0.1, 0.15) is 55.1 Å². The number of rotatable bonds is 9. The molecule has 5 N–H and O–H groups in total. The normalized spacial score (nSPS) is 11.2. The molecule has 0 aliphatic carbocycles. The molecule has 2 aromatic carbocycles. The average Bonchev–Trinajstić information content (AvgIpc) is 2.87. The van der Waals surface area contributed by atoms with Crippen LogP contribution in [0.4, 0.5) is 4.79 Å². The first-order valence-electron chi connectivity index (χ1n) is 11.7. The number of carbonyl (C=O) groups is 4. The van der Waals surface area contributed by atoms with E-state index in [1.807, 2.05) is 30.3 Å². The Morgan fingerprint density at radius 1 is 0.919 bits per heavy atom. The number of amides is 4. The van der Waals surface area contributed by atoms with Crippen molar-refractivity contribution in [3.63, 3.8) is 0 Å². The monoisotopic (exact) mass is 508 g/mol. The van der Waals surface area contributed by atoms with E-state index < -0.39 is 35.5 Å². The Morgan fingerprint density at radius 3 is 2.14 bits per heavy atom. The maximum Gasteiger partial charge on any atom is 0.407 e. The molecule has 10 nitrogen and oxygen atoms in total. The van der Waals surface area contributed by atoms with E-state index in [9.17, 15) is 19.2 Å². The summed E-state index contributed by atoms with van der Waals surface area (Å²) in [7, 11) is 0. The molecule has 4 amide bonds. The van der Waals surface area contributed by atoms with Crippen LogP contribution < -0.4 is 21.4 Å². The van der Waals surface area contributed by atoms with Crippen LogP contribution in [0, 0.1) is 11.8 Å². The lowest BCUT2D eigenvalue weighted by Crippen LogP contribution is -2.52. The predicted molar refractivity (Wildman–Crippen MR) is 137 cm³/mol. The Balaban J connectivity index is 1.83. The van der Waals surface area contributed by atoms with Crippen LogP contribution in [0.5, 0.6) is 0 Å². The highest BCUT2D eigenvalue weighted by Crippen LogP contribution is 2.07. The molecular formula is C27H32N4O6. The lowest BCUT2D eigenvalue weighted by molar-refractivity contribution is -0.131. The van der Waals surface area contributed by atoms with Gasteiger partial charge < -0.3 is 20.7 Å². The van der Waals surface area contributed by atoms with Gasteiger partial charge in [0.15, 0.2) is 0 Å². The van der Waals surface area contributed by atoms with Crippen molar-refractivity contribution < 1.29 is 29.1 Å². The molecule has 2 aromatic rings. The van der Waals surface area contributed by atoms with Crippen molar-refractivity contribution in [2.24, 2.45) is 0 Å². The number of hydroxylamine groups is 1. The molecule has 0 heterocycles. The highest BCUT2D eigenvalue weighted by atomic mass is 16.6. The van der Waals surface area contributed by atoms with Crippen molar-refractivity contribution in [1.29, 1.82) is 0 Å². The van der Waals surface area contributed by atoms with E-state index in [0.717, 1.165) is 5.56 Å². The smallest absolute Gasteiger partial charge is 0.407 e. The molecule has 0 aliphatic rings. The maximum atomic E-state index is 12.6. The van der Waals surface area contributed by atoms with Crippen molar-refractivity contribution in [2.45, 2.75) is 45.3 Å². The van der Waals surface area contributed by atoms with E-state index in [0.29, 0.717) is 12.0 Å². The van der Waals surface area contributed by atoms with Crippen LogP contribution in [0.3, 0.4) is 0 Å². The van der Waals surface area contributed by atoms with E-state index in [4.69, 9.17) is 9.94 Å². The second-order valence-electron chi connectivity index (χ2n) is 9.03. The highest BCUT2D eigenvalue weighted by Gasteiger charge is 2.22. The standard InChI is InChI=1S/C27H32N4O6/c1-27(2,3)37-26(35)28-17-7-10-23(32)29-18-22(25(34)31-36)30-24(33)21-15-13-20(14-16-21)12-11-19-8-5-4-6-9-19/h4-6,8-9,13-16,22,36H,7,10,17-18H2,1-3H3,(H,28,35)(H,29,32)(H,30,33)(H,31,34)/t22-/m0/s1. The molecular weight excluding hydrogens is 476 g/mol. The van der Waals surface area contributed by atoms with Crippen LogP contribution in [0.15, 0.2) is 54.6 Å². The van der Waals surface area contributed by atoms with Gasteiger partial charge in [-0.05, 0) is 63.6 Å². The van der Waals surface area contributed by atoms with E-state index in [1.54, 1.807) is 45.0 Å². The molecule has 0 aromatic heterocycles. The molecule has 196 valence electrons. The molecule has 0 spiro atoms. The highest BCUT2D eigenvalue weighted by molar-refractivity contribution is 5.97. The summed E-state index contributed by atoms with van der Waals surface area (Å²) in [4.78, 5) is 48.3. The zero-order valence-electron chi connectivity index (χ0n) is 21.1. The molecule has 37 heavy (non-hydrogen) atoms. The van der Waals surface area contributed by atoms with Gasteiger partial charge in [-0.1, -0.05) is 30.0 Å². The minimum absolute atomic E-state index is 0.0721. The summed E-state index contributed by atoms with van der Waals surface area (Å²) >= 11 is 0. The zero-order valence-corrected chi connectivity index (χ0v) is 21.1. The number of benzene rings is 2. The summed E-state index contributed by atoms with van der Waals surface area (Å²) in [5, 5.41) is 16.6. The molecule has 0 aliphatic heterocycles. The zero-order chi connectivity index (χ0) is 27.3. The first-order valence-corrected chi connectivity index (χ1v) is 11.7. The van der Waals surface area contributed by atoms with Gasteiger partial charge in [-0.25, -0.2) is 10.3 Å². The SMILES string of the molecule is CC(C)(C)OC(=O)NCCCC(=O)NC[C@H](NC(=O)c1ccc(C#Cc2ccccc2)cc1)C(=O)NO. The van der Waals surface area contributed by atoms with Crippen molar-refractivity contribution >= 4 is 23.8 Å². The number of carbonyl (C=O) groups excluding carboxylic acids is 4. The third-order valence-electron chi connectivity index (χ3n) is 4.76. The number of nitrogens with one attached hydrogen (secondary N) is 4. The Labute approximate surface area is 216 Å². The van der Waals surface area contributed by atoms with E-state index in [1.165, 1.54) is 5.48 Å². The van der Waals surface area contributed by atoms with E-state index in [-0.39, 0.29) is 25.1 Å². The van der Waals surface area contributed by atoms with Crippen LogP contribution in [0.25, 0.3) is 0 Å². The van der Waals surface area contributed by atoms with Crippen molar-refractivity contribution in [1.82, 2.24) is 21.4 Å². The summed E-state index contributed by atoms with van der Waals surface area (Å²) in [5.74, 6) is 4.20. The Hall–Kier alpha value is -4.36. The minimum atomic E-state index is -1.21. The molecule has 0 unspecified atom stereocenters. The fourth-order valence-electron chi connectivity index (χ4n) is 2.96. The Morgan fingerprint density at radius 2 is 1.54 bits per heavy atom. The molecule has 0 radical (unpaired) electrons. The first kappa shape index (κ1) is 28.9. The molecule has 10 heteroatoms. The summed E-state index contributed by atoms with van der Waals surface area (Å²) in [6.45, 7) is 5.22. The lowest BCUT2D eigenvalue weighted by Gasteiger charge is -2.19. The van der Waals surface area contributed by atoms with Gasteiger partial charge in [0.2, 0.25) is 5.91 Å². The topological polar surface area (TPSA) is 146 Å². The molecule has 0 fully saturated rings. The van der Waals surface area contributed by atoms with Crippen molar-refractivity contribution in [3.8, 4) is 11.8 Å². The van der Waals surface area contributed by atoms with Crippen LogP contribution in [0.2, 0.25) is 0 Å². The van der Waals surface area contributed by atoms with Crippen molar-refractivity contribution in [2.75, 3.05) is 13.1 Å². The van der Waals surface area contributed by atoms with Gasteiger partial charge in [-0.2, -0.15) is 0 Å². The average molecular weight is 509 g/mol. The van der Waals surface area contributed by atoms with Gasteiger partial charge in [0.05, 0.1) is 0 Å². The summed E-state index contributed by atoms with van der Waals surface area (Å²) in [6.07, 6.45) is -0.164. The quantitative estimate of drug-likeness (QED) is 0.152. The number of ether oxygens (including phenoxy) is 1. The fourth-order valence-corrected chi connectivity index (χ4v) is 2.96. The van der Waals surface area contributed by atoms with Crippen LogP contribution >= 0.6 is 0 Å². The molecule has 1 atom stereocenters. The molecule has 0 saturated carbocycles. The van der Waals surface area contributed by atoms with E-state index >= 15 is 0 Å². The van der Waals surface area contributed by atoms with Gasteiger partial charge in [-0.3, -0.25) is 19.6 Å². The number of hydrogen-bond acceptors (Lipinski definition) is 6. The molecule has 2 rings (SSSR count). The summed E-state index contributed by atoms with van der Waals surface area (Å²) in [6, 6.07) is 14.7. The van der Waals surface area contributed by atoms with Gasteiger partial charge >= 0.3 is 6.09 Å². The van der Waals surface area contributed by atoms with Gasteiger partial charge in [0.1, 0.15) is 11.6 Å². The predicted octanol–water partition coefficient (Wildman–Crippen LogP) is 2.11. The minimum Gasteiger partial charge on any atom is -0.444 e. The largest absolute Gasteiger partial charge is 0.444 e. The van der Waals surface area contributed by atoms with Gasteiger partial charge in [0, 0.05) is 36.2 Å². The molecule has 0 saturated heterocycles.